The largest absolute Gasteiger partial charge is 0.444 e. The molecule has 1 unspecified atom stereocenters. The van der Waals surface area contributed by atoms with Crippen molar-refractivity contribution in [2.24, 2.45) is 0 Å². The van der Waals surface area contributed by atoms with E-state index in [0.717, 1.165) is 26.2 Å². The molecule has 0 N–H and O–H groups in total. The number of hydrogen-bond acceptors (Lipinski definition) is 4. The van der Waals surface area contributed by atoms with Gasteiger partial charge in [-0.2, -0.15) is 0 Å². The summed E-state index contributed by atoms with van der Waals surface area (Å²) in [5.74, 6) is 0. The Balaban J connectivity index is 1.72. The Labute approximate surface area is 168 Å². The molecule has 2 saturated heterocycles. The van der Waals surface area contributed by atoms with Gasteiger partial charge in [0.2, 0.25) is 0 Å². The summed E-state index contributed by atoms with van der Waals surface area (Å²) in [4.78, 5) is 19.2. The molecule has 156 valence electrons. The number of rotatable bonds is 4. The second kappa shape index (κ2) is 8.78. The predicted octanol–water partition coefficient (Wildman–Crippen LogP) is 3.54. The standard InChI is InChI=1S/C22H34FN3O2/c1-17-12-25(13-18-8-6-5-7-9-18)20(15-24-11-10-19(23)14-24)16-26(17)21(27)28-22(2,3)4/h5-9,17,19-20H,10-16H2,1-4H3/t17-,19?,20+/m1/s1. The lowest BCUT2D eigenvalue weighted by Gasteiger charge is -2.46. The van der Waals surface area contributed by atoms with Crippen LogP contribution in [0.3, 0.4) is 0 Å². The number of carbonyl (C=O) groups is 1. The average Bonchev–Trinajstić information content (AvgIpc) is 3.01. The van der Waals surface area contributed by atoms with Crippen molar-refractivity contribution in [3.63, 3.8) is 0 Å². The molecule has 0 aromatic heterocycles. The second-order valence-electron chi connectivity index (χ2n) is 9.20. The number of alkyl halides is 1. The summed E-state index contributed by atoms with van der Waals surface area (Å²) in [5.41, 5.74) is 0.749. The van der Waals surface area contributed by atoms with Crippen molar-refractivity contribution in [3.05, 3.63) is 35.9 Å². The molecule has 3 atom stereocenters. The molecule has 1 amide bonds. The number of likely N-dealkylation sites (tertiary alicyclic amines) is 1. The molecule has 0 radical (unpaired) electrons. The van der Waals surface area contributed by atoms with Crippen LogP contribution in [0.25, 0.3) is 0 Å². The minimum Gasteiger partial charge on any atom is -0.444 e. The zero-order valence-electron chi connectivity index (χ0n) is 17.6. The van der Waals surface area contributed by atoms with Crippen LogP contribution < -0.4 is 0 Å². The molecule has 2 fully saturated rings. The molecule has 1 aromatic rings. The lowest BCUT2D eigenvalue weighted by atomic mass is 10.1. The third-order valence-electron chi connectivity index (χ3n) is 5.49. The van der Waals surface area contributed by atoms with Crippen LogP contribution in [0.15, 0.2) is 30.3 Å². The third-order valence-corrected chi connectivity index (χ3v) is 5.49. The number of carbonyl (C=O) groups excluding carboxylic acids is 1. The van der Waals surface area contributed by atoms with Gasteiger partial charge in [-0.3, -0.25) is 9.80 Å². The summed E-state index contributed by atoms with van der Waals surface area (Å²) in [5, 5.41) is 0. The summed E-state index contributed by atoms with van der Waals surface area (Å²) in [6, 6.07) is 10.6. The van der Waals surface area contributed by atoms with Gasteiger partial charge in [0.05, 0.1) is 0 Å². The van der Waals surface area contributed by atoms with Gasteiger partial charge < -0.3 is 9.64 Å². The second-order valence-corrected chi connectivity index (χ2v) is 9.20. The first-order valence-electron chi connectivity index (χ1n) is 10.4. The van der Waals surface area contributed by atoms with E-state index in [1.807, 2.05) is 31.7 Å². The fourth-order valence-corrected chi connectivity index (χ4v) is 4.12. The lowest BCUT2D eigenvalue weighted by molar-refractivity contribution is -0.0193. The third kappa shape index (κ3) is 5.67. The Kier molecular flexibility index (Phi) is 6.61. The summed E-state index contributed by atoms with van der Waals surface area (Å²) >= 11 is 0. The van der Waals surface area contributed by atoms with Crippen LogP contribution in [-0.4, -0.2) is 77.4 Å². The molecule has 2 heterocycles. The van der Waals surface area contributed by atoms with Gasteiger partial charge in [0.1, 0.15) is 11.8 Å². The van der Waals surface area contributed by atoms with E-state index in [1.54, 1.807) is 0 Å². The smallest absolute Gasteiger partial charge is 0.410 e. The lowest BCUT2D eigenvalue weighted by Crippen LogP contribution is -2.61. The van der Waals surface area contributed by atoms with Crippen LogP contribution in [0.5, 0.6) is 0 Å². The van der Waals surface area contributed by atoms with Crippen molar-refractivity contribution in [2.45, 2.75) is 64.5 Å². The highest BCUT2D eigenvalue weighted by atomic mass is 19.1. The molecule has 2 aliphatic heterocycles. The quantitative estimate of drug-likeness (QED) is 0.787. The molecule has 0 saturated carbocycles. The van der Waals surface area contributed by atoms with Crippen LogP contribution in [-0.2, 0) is 11.3 Å². The number of nitrogens with zero attached hydrogens (tertiary/aromatic N) is 3. The topological polar surface area (TPSA) is 36.0 Å². The first kappa shape index (κ1) is 21.1. The highest BCUT2D eigenvalue weighted by molar-refractivity contribution is 5.68. The van der Waals surface area contributed by atoms with Gasteiger partial charge in [-0.05, 0) is 39.7 Å². The molecule has 0 aliphatic carbocycles. The van der Waals surface area contributed by atoms with E-state index in [0.29, 0.717) is 19.5 Å². The van der Waals surface area contributed by atoms with Crippen LogP contribution >= 0.6 is 0 Å². The van der Waals surface area contributed by atoms with E-state index in [2.05, 4.69) is 41.0 Å². The summed E-state index contributed by atoms with van der Waals surface area (Å²) < 4.78 is 19.3. The summed E-state index contributed by atoms with van der Waals surface area (Å²) in [6.45, 7) is 12.0. The first-order chi connectivity index (χ1) is 13.2. The van der Waals surface area contributed by atoms with Crippen LogP contribution in [0.1, 0.15) is 39.7 Å². The SMILES string of the molecule is C[C@@H]1CN(Cc2ccccc2)[C@@H](CN2CCC(F)C2)CN1C(=O)OC(C)(C)C. The van der Waals surface area contributed by atoms with Crippen LogP contribution in [0, 0.1) is 0 Å². The molecule has 5 nitrogen and oxygen atoms in total. The summed E-state index contributed by atoms with van der Waals surface area (Å²) in [6.07, 6.45) is -0.376. The highest BCUT2D eigenvalue weighted by Crippen LogP contribution is 2.23. The van der Waals surface area contributed by atoms with Crippen molar-refractivity contribution >= 4 is 6.09 Å². The van der Waals surface area contributed by atoms with E-state index in [1.165, 1.54) is 5.56 Å². The predicted molar refractivity (Wildman–Crippen MR) is 109 cm³/mol. The van der Waals surface area contributed by atoms with Crippen LogP contribution in [0.4, 0.5) is 9.18 Å². The average molecular weight is 392 g/mol. The normalized spacial score (nSPS) is 27.2. The molecule has 0 bridgehead atoms. The van der Waals surface area contributed by atoms with Gasteiger partial charge in [0.25, 0.3) is 0 Å². The van der Waals surface area contributed by atoms with Crippen molar-refractivity contribution in [1.82, 2.24) is 14.7 Å². The number of piperazine rings is 1. The van der Waals surface area contributed by atoms with E-state index in [4.69, 9.17) is 4.74 Å². The van der Waals surface area contributed by atoms with Gasteiger partial charge in [-0.1, -0.05) is 30.3 Å². The van der Waals surface area contributed by atoms with Gasteiger partial charge in [0, 0.05) is 51.4 Å². The zero-order valence-corrected chi connectivity index (χ0v) is 17.6. The highest BCUT2D eigenvalue weighted by Gasteiger charge is 2.37. The Hall–Kier alpha value is -1.66. The van der Waals surface area contributed by atoms with Gasteiger partial charge in [-0.25, -0.2) is 9.18 Å². The van der Waals surface area contributed by atoms with Gasteiger partial charge >= 0.3 is 6.09 Å². The Morgan fingerprint density at radius 3 is 2.50 bits per heavy atom. The molecular weight excluding hydrogens is 357 g/mol. The summed E-state index contributed by atoms with van der Waals surface area (Å²) in [7, 11) is 0. The van der Waals surface area contributed by atoms with E-state index in [9.17, 15) is 9.18 Å². The zero-order chi connectivity index (χ0) is 20.3. The van der Waals surface area contributed by atoms with E-state index >= 15 is 0 Å². The minimum atomic E-state index is -0.730. The molecule has 28 heavy (non-hydrogen) atoms. The minimum absolute atomic E-state index is 0.0716. The Morgan fingerprint density at radius 2 is 1.89 bits per heavy atom. The van der Waals surface area contributed by atoms with Gasteiger partial charge in [-0.15, -0.1) is 0 Å². The van der Waals surface area contributed by atoms with E-state index < -0.39 is 11.8 Å². The molecular formula is C22H34FN3O2. The maximum absolute atomic E-state index is 13.7. The number of ether oxygens (including phenoxy) is 1. The van der Waals surface area contributed by atoms with E-state index in [-0.39, 0.29) is 18.2 Å². The van der Waals surface area contributed by atoms with Crippen LogP contribution in [0.2, 0.25) is 0 Å². The number of hydrogen-bond donors (Lipinski definition) is 0. The molecule has 2 aliphatic rings. The van der Waals surface area contributed by atoms with Crippen molar-refractivity contribution in [3.8, 4) is 0 Å². The molecule has 0 spiro atoms. The molecule has 3 rings (SSSR count). The Bertz CT molecular complexity index is 649. The maximum Gasteiger partial charge on any atom is 0.410 e. The monoisotopic (exact) mass is 391 g/mol. The van der Waals surface area contributed by atoms with Crippen molar-refractivity contribution in [1.29, 1.82) is 0 Å². The maximum atomic E-state index is 13.7. The number of halogens is 1. The molecule has 6 heteroatoms. The fraction of sp³-hybridized carbons (Fsp3) is 0.682. The Morgan fingerprint density at radius 1 is 1.18 bits per heavy atom. The van der Waals surface area contributed by atoms with Crippen molar-refractivity contribution in [2.75, 3.05) is 32.7 Å². The number of benzene rings is 1. The first-order valence-corrected chi connectivity index (χ1v) is 10.4. The van der Waals surface area contributed by atoms with Crippen molar-refractivity contribution < 1.29 is 13.9 Å². The van der Waals surface area contributed by atoms with Gasteiger partial charge in [0.15, 0.2) is 0 Å². The molecule has 1 aromatic carbocycles. The number of amides is 1. The fourth-order valence-electron chi connectivity index (χ4n) is 4.12.